The van der Waals surface area contributed by atoms with E-state index in [0.717, 1.165) is 5.56 Å². The van der Waals surface area contributed by atoms with Crippen molar-refractivity contribution >= 4 is 5.91 Å². The molecular weight excluding hydrogens is 316 g/mol. The lowest BCUT2D eigenvalue weighted by atomic mass is 10.1. The van der Waals surface area contributed by atoms with E-state index in [0.29, 0.717) is 17.1 Å². The van der Waals surface area contributed by atoms with Crippen molar-refractivity contribution in [3.05, 3.63) is 42.1 Å². The summed E-state index contributed by atoms with van der Waals surface area (Å²) in [5.41, 5.74) is 2.35. The Morgan fingerprint density at radius 3 is 2.83 bits per heavy atom. The van der Waals surface area contributed by atoms with Crippen molar-refractivity contribution in [2.45, 2.75) is 31.9 Å². The Hall–Kier alpha value is -2.48. The van der Waals surface area contributed by atoms with Crippen molar-refractivity contribution < 1.29 is 13.6 Å². The fourth-order valence-electron chi connectivity index (χ4n) is 2.50. The Kier molecular flexibility index (Phi) is 5.05. The summed E-state index contributed by atoms with van der Waals surface area (Å²) < 4.78 is 25.6. The zero-order valence-corrected chi connectivity index (χ0v) is 12.9. The number of halogens is 2. The minimum Gasteiger partial charge on any atom is -0.349 e. The Balaban J connectivity index is 1.63. The molecule has 1 amide bonds. The van der Waals surface area contributed by atoms with Gasteiger partial charge in [0.25, 0.3) is 0 Å². The molecule has 0 spiro atoms. The molecule has 3 rings (SSSR count). The highest BCUT2D eigenvalue weighted by Crippen LogP contribution is 2.16. The van der Waals surface area contributed by atoms with Crippen LogP contribution >= 0.6 is 0 Å². The van der Waals surface area contributed by atoms with Gasteiger partial charge in [-0.05, 0) is 18.2 Å². The molecule has 126 valence electrons. The van der Waals surface area contributed by atoms with Gasteiger partial charge in [-0.3, -0.25) is 9.78 Å². The number of hydrogen-bond acceptors (Lipinski definition) is 5. The number of nitrogens with zero attached hydrogens (tertiary/aromatic N) is 3. The van der Waals surface area contributed by atoms with Crippen molar-refractivity contribution in [1.29, 1.82) is 0 Å². The van der Waals surface area contributed by atoms with E-state index < -0.39 is 18.9 Å². The van der Waals surface area contributed by atoms with E-state index in [1.54, 1.807) is 24.4 Å². The average molecular weight is 333 g/mol. The van der Waals surface area contributed by atoms with Gasteiger partial charge in [0.05, 0.1) is 29.7 Å². The second kappa shape index (κ2) is 7.39. The summed E-state index contributed by atoms with van der Waals surface area (Å²) in [6.45, 7) is -0.187. The van der Waals surface area contributed by atoms with Crippen LogP contribution in [0.25, 0.3) is 11.3 Å². The van der Waals surface area contributed by atoms with Crippen LogP contribution < -0.4 is 10.6 Å². The third kappa shape index (κ3) is 3.88. The Morgan fingerprint density at radius 1 is 1.29 bits per heavy atom. The molecule has 2 aromatic rings. The smallest absolute Gasteiger partial charge is 0.237 e. The monoisotopic (exact) mass is 333 g/mol. The normalized spacial score (nSPS) is 20.1. The number of carbonyl (C=O) groups excluding carboxylic acids is 1. The molecule has 1 fully saturated rings. The molecule has 0 aromatic carbocycles. The van der Waals surface area contributed by atoms with Gasteiger partial charge in [0.2, 0.25) is 5.91 Å². The van der Waals surface area contributed by atoms with Crippen LogP contribution in [0.2, 0.25) is 0 Å². The van der Waals surface area contributed by atoms with Crippen molar-refractivity contribution in [2.75, 3.05) is 6.54 Å². The van der Waals surface area contributed by atoms with Gasteiger partial charge < -0.3 is 10.6 Å². The van der Waals surface area contributed by atoms with Crippen molar-refractivity contribution in [3.8, 4) is 11.3 Å². The molecule has 0 radical (unpaired) electrons. The van der Waals surface area contributed by atoms with Gasteiger partial charge in [0, 0.05) is 24.7 Å². The molecule has 1 saturated heterocycles. The fraction of sp³-hybridized carbons (Fsp3) is 0.375. The number of hydrogen-bond donors (Lipinski definition) is 2. The summed E-state index contributed by atoms with van der Waals surface area (Å²) in [5, 5.41) is 5.57. The van der Waals surface area contributed by atoms with Gasteiger partial charge in [0.15, 0.2) is 0 Å². The highest BCUT2D eigenvalue weighted by molar-refractivity contribution is 5.82. The molecule has 2 aromatic heterocycles. The van der Waals surface area contributed by atoms with E-state index in [-0.39, 0.29) is 25.4 Å². The molecule has 1 aliphatic rings. The van der Waals surface area contributed by atoms with Crippen LogP contribution in [0.1, 0.15) is 17.8 Å². The first kappa shape index (κ1) is 16.4. The first-order valence-electron chi connectivity index (χ1n) is 7.63. The van der Waals surface area contributed by atoms with Crippen molar-refractivity contribution in [1.82, 2.24) is 25.6 Å². The zero-order valence-electron chi connectivity index (χ0n) is 12.9. The van der Waals surface area contributed by atoms with E-state index in [1.165, 1.54) is 6.33 Å². The largest absolute Gasteiger partial charge is 0.349 e. The predicted octanol–water partition coefficient (Wildman–Crippen LogP) is 1.32. The summed E-state index contributed by atoms with van der Waals surface area (Å²) in [5.74, 6) is -0.246. The molecule has 0 bridgehead atoms. The third-order valence-corrected chi connectivity index (χ3v) is 3.82. The van der Waals surface area contributed by atoms with Crippen LogP contribution in [0.5, 0.6) is 0 Å². The molecule has 0 aliphatic carbocycles. The summed E-state index contributed by atoms with van der Waals surface area (Å²) in [7, 11) is 0. The summed E-state index contributed by atoms with van der Waals surface area (Å²) in [6.07, 6.45) is 2.15. The molecule has 6 nitrogen and oxygen atoms in total. The first-order chi connectivity index (χ1) is 11.7. The highest BCUT2D eigenvalue weighted by atomic mass is 19.1. The number of amides is 1. The number of rotatable bonds is 5. The average Bonchev–Trinajstić information content (AvgIpc) is 3.06. The minimum atomic E-state index is -0.980. The van der Waals surface area contributed by atoms with Crippen LogP contribution in [0.15, 0.2) is 30.7 Å². The number of carbonyl (C=O) groups is 1. The van der Waals surface area contributed by atoms with Crippen molar-refractivity contribution in [3.63, 3.8) is 0 Å². The van der Waals surface area contributed by atoms with Crippen LogP contribution in [0.3, 0.4) is 0 Å². The first-order valence-corrected chi connectivity index (χ1v) is 7.63. The van der Waals surface area contributed by atoms with Crippen molar-refractivity contribution in [2.24, 2.45) is 0 Å². The SMILES string of the molecule is O=C(NCc1cc(-c2ccc(CF)nc2)ncn1)[C@@H]1C[C@@H](F)CN1. The number of pyridine rings is 1. The lowest BCUT2D eigenvalue weighted by Crippen LogP contribution is -2.40. The number of nitrogens with one attached hydrogen (secondary N) is 2. The maximum absolute atomic E-state index is 13.1. The van der Waals surface area contributed by atoms with Gasteiger partial charge in [-0.15, -0.1) is 0 Å². The van der Waals surface area contributed by atoms with Gasteiger partial charge in [-0.2, -0.15) is 0 Å². The van der Waals surface area contributed by atoms with Crippen LogP contribution in [0.4, 0.5) is 8.78 Å². The third-order valence-electron chi connectivity index (χ3n) is 3.82. The molecule has 2 atom stereocenters. The van der Waals surface area contributed by atoms with E-state index in [1.807, 2.05) is 0 Å². The summed E-state index contributed by atoms with van der Waals surface area (Å²) in [6, 6.07) is 4.56. The molecule has 3 heterocycles. The number of aromatic nitrogens is 3. The summed E-state index contributed by atoms with van der Waals surface area (Å²) in [4.78, 5) is 24.2. The molecule has 24 heavy (non-hydrogen) atoms. The lowest BCUT2D eigenvalue weighted by Gasteiger charge is -2.11. The van der Waals surface area contributed by atoms with E-state index in [9.17, 15) is 13.6 Å². The number of alkyl halides is 2. The second-order valence-corrected chi connectivity index (χ2v) is 5.58. The van der Waals surface area contributed by atoms with E-state index in [4.69, 9.17) is 0 Å². The molecule has 2 N–H and O–H groups in total. The van der Waals surface area contributed by atoms with Crippen LogP contribution in [-0.2, 0) is 18.0 Å². The molecule has 8 heteroatoms. The Bertz CT molecular complexity index is 710. The van der Waals surface area contributed by atoms with Gasteiger partial charge in [0.1, 0.15) is 19.2 Å². The molecular formula is C16H17F2N5O. The quantitative estimate of drug-likeness (QED) is 0.863. The Labute approximate surface area is 137 Å². The van der Waals surface area contributed by atoms with Crippen LogP contribution in [-0.4, -0.2) is 39.6 Å². The van der Waals surface area contributed by atoms with E-state index >= 15 is 0 Å². The van der Waals surface area contributed by atoms with Crippen LogP contribution in [0, 0.1) is 0 Å². The van der Waals surface area contributed by atoms with Gasteiger partial charge in [-0.1, -0.05) is 0 Å². The maximum Gasteiger partial charge on any atom is 0.237 e. The minimum absolute atomic E-state index is 0.188. The standard InChI is InChI=1S/C16H17F2N5O/c17-5-12-2-1-10(6-19-12)14-4-13(22-9-23-14)8-21-16(24)15-3-11(18)7-20-15/h1-2,4,6,9,11,15,20H,3,5,7-8H2,(H,21,24)/t11-,15+/m1/s1. The topological polar surface area (TPSA) is 79.8 Å². The zero-order chi connectivity index (χ0) is 16.9. The highest BCUT2D eigenvalue weighted by Gasteiger charge is 2.28. The maximum atomic E-state index is 13.1. The molecule has 1 aliphatic heterocycles. The van der Waals surface area contributed by atoms with Gasteiger partial charge >= 0.3 is 0 Å². The predicted molar refractivity (Wildman–Crippen MR) is 83.2 cm³/mol. The second-order valence-electron chi connectivity index (χ2n) is 5.58. The van der Waals surface area contributed by atoms with E-state index in [2.05, 4.69) is 25.6 Å². The fourth-order valence-corrected chi connectivity index (χ4v) is 2.50. The summed E-state index contributed by atoms with van der Waals surface area (Å²) >= 11 is 0. The molecule has 0 unspecified atom stereocenters. The van der Waals surface area contributed by atoms with Gasteiger partial charge in [-0.25, -0.2) is 18.7 Å². The molecule has 0 saturated carbocycles. The lowest BCUT2D eigenvalue weighted by molar-refractivity contribution is -0.123. The Morgan fingerprint density at radius 2 is 2.17 bits per heavy atom.